The minimum Gasteiger partial charge on any atom is -0.268 e. The third-order valence-corrected chi connectivity index (χ3v) is 4.03. The lowest BCUT2D eigenvalue weighted by atomic mass is 10.2. The molecular formula is C19H16N4O. The summed E-state index contributed by atoms with van der Waals surface area (Å²) in [6, 6.07) is 17.5. The highest BCUT2D eigenvalue weighted by atomic mass is 16.1. The SMILES string of the molecule is Cc1cccc(-n2c(C)nc3c(cnn3-c3ccccc3)c2=O)c1. The molecule has 0 spiro atoms. The summed E-state index contributed by atoms with van der Waals surface area (Å²) in [5, 5.41) is 4.87. The first-order valence-corrected chi connectivity index (χ1v) is 7.75. The van der Waals surface area contributed by atoms with Crippen molar-refractivity contribution in [1.82, 2.24) is 19.3 Å². The Balaban J connectivity index is 1.99. The van der Waals surface area contributed by atoms with Crippen LogP contribution in [0, 0.1) is 13.8 Å². The van der Waals surface area contributed by atoms with Gasteiger partial charge in [0.25, 0.3) is 5.56 Å². The zero-order valence-electron chi connectivity index (χ0n) is 13.5. The van der Waals surface area contributed by atoms with Crippen molar-refractivity contribution in [2.45, 2.75) is 13.8 Å². The first-order valence-electron chi connectivity index (χ1n) is 7.75. The van der Waals surface area contributed by atoms with Gasteiger partial charge in [-0.1, -0.05) is 30.3 Å². The van der Waals surface area contributed by atoms with E-state index in [0.29, 0.717) is 16.9 Å². The predicted octanol–water partition coefficient (Wildman–Crippen LogP) is 3.19. The third kappa shape index (κ3) is 2.22. The molecule has 0 aliphatic carbocycles. The molecule has 4 rings (SSSR count). The standard InChI is InChI=1S/C19H16N4O/c1-13-7-6-10-16(11-13)22-14(2)21-18-17(19(22)24)12-20-23(18)15-8-4-3-5-9-15/h3-12H,1-2H3. The van der Waals surface area contributed by atoms with E-state index in [-0.39, 0.29) is 5.56 Å². The Morgan fingerprint density at radius 1 is 0.917 bits per heavy atom. The van der Waals surface area contributed by atoms with Crippen LogP contribution in [0.25, 0.3) is 22.4 Å². The average Bonchev–Trinajstić information content (AvgIpc) is 3.00. The first kappa shape index (κ1) is 14.4. The van der Waals surface area contributed by atoms with E-state index in [2.05, 4.69) is 10.1 Å². The second-order valence-electron chi connectivity index (χ2n) is 5.77. The highest BCUT2D eigenvalue weighted by molar-refractivity contribution is 5.75. The monoisotopic (exact) mass is 316 g/mol. The summed E-state index contributed by atoms with van der Waals surface area (Å²) in [7, 11) is 0. The van der Waals surface area contributed by atoms with E-state index in [4.69, 9.17) is 0 Å². The molecule has 5 heteroatoms. The lowest BCUT2D eigenvalue weighted by Gasteiger charge is -2.10. The zero-order chi connectivity index (χ0) is 16.7. The molecule has 0 fully saturated rings. The van der Waals surface area contributed by atoms with Gasteiger partial charge in [0.1, 0.15) is 11.2 Å². The lowest BCUT2D eigenvalue weighted by molar-refractivity contribution is 0.859. The summed E-state index contributed by atoms with van der Waals surface area (Å²) in [4.78, 5) is 17.6. The Hall–Kier alpha value is -3.21. The molecule has 0 saturated carbocycles. The van der Waals surface area contributed by atoms with Gasteiger partial charge in [-0.05, 0) is 43.7 Å². The maximum Gasteiger partial charge on any atom is 0.269 e. The second-order valence-corrected chi connectivity index (χ2v) is 5.77. The van der Waals surface area contributed by atoms with Crippen LogP contribution in [0.2, 0.25) is 0 Å². The maximum atomic E-state index is 13.0. The molecule has 0 atom stereocenters. The number of aromatic nitrogens is 4. The van der Waals surface area contributed by atoms with Crippen molar-refractivity contribution in [3.8, 4) is 11.4 Å². The molecule has 0 radical (unpaired) electrons. The number of benzene rings is 2. The van der Waals surface area contributed by atoms with Crippen molar-refractivity contribution < 1.29 is 0 Å². The van der Waals surface area contributed by atoms with Gasteiger partial charge in [-0.15, -0.1) is 0 Å². The number of hydrogen-bond acceptors (Lipinski definition) is 3. The van der Waals surface area contributed by atoms with Gasteiger partial charge >= 0.3 is 0 Å². The van der Waals surface area contributed by atoms with Crippen molar-refractivity contribution in [2.24, 2.45) is 0 Å². The summed E-state index contributed by atoms with van der Waals surface area (Å²) in [5.41, 5.74) is 3.27. The quantitative estimate of drug-likeness (QED) is 0.571. The second kappa shape index (κ2) is 5.45. The number of nitrogens with zero attached hydrogens (tertiary/aromatic N) is 4. The van der Waals surface area contributed by atoms with E-state index in [1.165, 1.54) is 0 Å². The smallest absolute Gasteiger partial charge is 0.268 e. The van der Waals surface area contributed by atoms with Crippen molar-refractivity contribution in [3.63, 3.8) is 0 Å². The summed E-state index contributed by atoms with van der Waals surface area (Å²) in [5.74, 6) is 0.635. The van der Waals surface area contributed by atoms with Crippen LogP contribution in [-0.2, 0) is 0 Å². The summed E-state index contributed by atoms with van der Waals surface area (Å²) >= 11 is 0. The van der Waals surface area contributed by atoms with Gasteiger partial charge in [-0.3, -0.25) is 9.36 Å². The molecule has 0 N–H and O–H groups in total. The van der Waals surface area contributed by atoms with E-state index >= 15 is 0 Å². The maximum absolute atomic E-state index is 13.0. The van der Waals surface area contributed by atoms with Gasteiger partial charge < -0.3 is 0 Å². The molecule has 5 nitrogen and oxygen atoms in total. The Morgan fingerprint density at radius 2 is 1.67 bits per heavy atom. The van der Waals surface area contributed by atoms with Crippen LogP contribution < -0.4 is 5.56 Å². The van der Waals surface area contributed by atoms with Gasteiger partial charge in [0.15, 0.2) is 5.65 Å². The number of fused-ring (bicyclic) bond motifs is 1. The summed E-state index contributed by atoms with van der Waals surface area (Å²) < 4.78 is 3.33. The van der Waals surface area contributed by atoms with Gasteiger partial charge in [0, 0.05) is 0 Å². The van der Waals surface area contributed by atoms with Crippen molar-refractivity contribution in [2.75, 3.05) is 0 Å². The summed E-state index contributed by atoms with van der Waals surface area (Å²) in [6.07, 6.45) is 1.59. The zero-order valence-corrected chi connectivity index (χ0v) is 13.5. The molecule has 0 saturated heterocycles. The fourth-order valence-electron chi connectivity index (χ4n) is 2.90. The molecule has 0 aliphatic rings. The van der Waals surface area contributed by atoms with Crippen LogP contribution in [0.4, 0.5) is 0 Å². The highest BCUT2D eigenvalue weighted by Gasteiger charge is 2.15. The fourth-order valence-corrected chi connectivity index (χ4v) is 2.90. The van der Waals surface area contributed by atoms with Crippen LogP contribution in [0.3, 0.4) is 0 Å². The first-order chi connectivity index (χ1) is 11.6. The topological polar surface area (TPSA) is 52.7 Å². The van der Waals surface area contributed by atoms with Crippen molar-refractivity contribution in [3.05, 3.63) is 82.5 Å². The van der Waals surface area contributed by atoms with Gasteiger partial charge in [-0.25, -0.2) is 9.67 Å². The predicted molar refractivity (Wildman–Crippen MR) is 93.9 cm³/mol. The average molecular weight is 316 g/mol. The molecule has 0 unspecified atom stereocenters. The van der Waals surface area contributed by atoms with Crippen molar-refractivity contribution in [1.29, 1.82) is 0 Å². The van der Waals surface area contributed by atoms with Crippen LogP contribution >= 0.6 is 0 Å². The normalized spacial score (nSPS) is 11.1. The minimum atomic E-state index is -0.106. The summed E-state index contributed by atoms with van der Waals surface area (Å²) in [6.45, 7) is 3.84. The molecule has 0 aliphatic heterocycles. The molecule has 118 valence electrons. The minimum absolute atomic E-state index is 0.106. The van der Waals surface area contributed by atoms with Gasteiger partial charge in [-0.2, -0.15) is 5.10 Å². The van der Waals surface area contributed by atoms with E-state index in [1.54, 1.807) is 15.4 Å². The molecular weight excluding hydrogens is 300 g/mol. The molecule has 2 heterocycles. The van der Waals surface area contributed by atoms with Crippen LogP contribution in [0.15, 0.2) is 65.6 Å². The van der Waals surface area contributed by atoms with E-state index in [1.807, 2.05) is 68.4 Å². The largest absolute Gasteiger partial charge is 0.269 e. The van der Waals surface area contributed by atoms with E-state index < -0.39 is 0 Å². The molecule has 0 bridgehead atoms. The van der Waals surface area contributed by atoms with Crippen LogP contribution in [0.1, 0.15) is 11.4 Å². The van der Waals surface area contributed by atoms with Crippen molar-refractivity contribution >= 4 is 11.0 Å². The molecule has 24 heavy (non-hydrogen) atoms. The lowest BCUT2D eigenvalue weighted by Crippen LogP contribution is -2.22. The number of aryl methyl sites for hydroxylation is 2. The van der Waals surface area contributed by atoms with E-state index in [9.17, 15) is 4.79 Å². The molecule has 4 aromatic rings. The Bertz CT molecular complexity index is 1090. The highest BCUT2D eigenvalue weighted by Crippen LogP contribution is 2.16. The van der Waals surface area contributed by atoms with Gasteiger partial charge in [0.05, 0.1) is 17.6 Å². The molecule has 2 aromatic carbocycles. The third-order valence-electron chi connectivity index (χ3n) is 4.03. The Morgan fingerprint density at radius 3 is 2.42 bits per heavy atom. The van der Waals surface area contributed by atoms with E-state index in [0.717, 1.165) is 16.9 Å². The Kier molecular flexibility index (Phi) is 3.27. The number of para-hydroxylation sites is 1. The number of hydrogen-bond donors (Lipinski definition) is 0. The molecule has 0 amide bonds. The van der Waals surface area contributed by atoms with Crippen LogP contribution in [0.5, 0.6) is 0 Å². The fraction of sp³-hybridized carbons (Fsp3) is 0.105. The molecule has 2 aromatic heterocycles. The number of rotatable bonds is 2. The Labute approximate surface area is 138 Å². The van der Waals surface area contributed by atoms with Crippen LogP contribution in [-0.4, -0.2) is 19.3 Å². The van der Waals surface area contributed by atoms with Gasteiger partial charge in [0.2, 0.25) is 0 Å².